The molecule has 1 aliphatic heterocycles. The zero-order chi connectivity index (χ0) is 13.5. The predicted octanol–water partition coefficient (Wildman–Crippen LogP) is 3.52. The number of carbonyl (C=O) groups is 1. The number of benzene rings is 1. The summed E-state index contributed by atoms with van der Waals surface area (Å²) in [5, 5.41) is 0.946. The average Bonchev–Trinajstić information content (AvgIpc) is 2.98. The smallest absolute Gasteiger partial charge is 0.232 e. The Hall–Kier alpha value is -0.480. The van der Waals surface area contributed by atoms with Crippen molar-refractivity contribution in [2.75, 3.05) is 29.9 Å². The molecule has 0 radical (unpaired) electrons. The van der Waals surface area contributed by atoms with Gasteiger partial charge in [0.05, 0.1) is 5.75 Å². The number of halogens is 1. The van der Waals surface area contributed by atoms with E-state index in [0.717, 1.165) is 24.2 Å². The highest BCUT2D eigenvalue weighted by Crippen LogP contribution is 2.23. The second-order valence-corrected chi connectivity index (χ2v) is 6.54. The van der Waals surface area contributed by atoms with Crippen molar-refractivity contribution in [1.82, 2.24) is 4.90 Å². The number of hydrogen-bond acceptors (Lipinski definition) is 2. The second-order valence-electron chi connectivity index (χ2n) is 4.86. The zero-order valence-electron chi connectivity index (χ0n) is 11.1. The van der Waals surface area contributed by atoms with Crippen molar-refractivity contribution in [3.05, 3.63) is 35.9 Å². The van der Waals surface area contributed by atoms with Crippen LogP contribution in [0.15, 0.2) is 30.3 Å². The molecule has 1 aromatic rings. The summed E-state index contributed by atoms with van der Waals surface area (Å²) in [4.78, 5) is 13.9. The molecule has 1 atom stereocenters. The van der Waals surface area contributed by atoms with Crippen LogP contribution in [0.5, 0.6) is 0 Å². The average molecular weight is 342 g/mol. The summed E-state index contributed by atoms with van der Waals surface area (Å²) in [7, 11) is 0. The first kappa shape index (κ1) is 14.9. The first-order valence-electron chi connectivity index (χ1n) is 6.77. The molecular formula is C15H20BrNOS. The fourth-order valence-corrected chi connectivity index (χ4v) is 4.28. The SMILES string of the molecule is O=C(CSCC(CBr)c1ccccc1)N1CCCC1. The fraction of sp³-hybridized carbons (Fsp3) is 0.533. The molecule has 0 spiro atoms. The number of rotatable bonds is 6. The summed E-state index contributed by atoms with van der Waals surface area (Å²) >= 11 is 5.33. The van der Waals surface area contributed by atoms with Gasteiger partial charge in [0.15, 0.2) is 0 Å². The van der Waals surface area contributed by atoms with Gasteiger partial charge in [-0.05, 0) is 18.4 Å². The number of thioether (sulfide) groups is 1. The van der Waals surface area contributed by atoms with Crippen molar-refractivity contribution in [2.45, 2.75) is 18.8 Å². The molecule has 1 amide bonds. The largest absolute Gasteiger partial charge is 0.342 e. The standard InChI is InChI=1S/C15H20BrNOS/c16-10-14(13-6-2-1-3-7-13)11-19-12-15(18)17-8-4-5-9-17/h1-3,6-7,14H,4-5,8-12H2. The van der Waals surface area contributed by atoms with Crippen LogP contribution in [0, 0.1) is 0 Å². The molecule has 19 heavy (non-hydrogen) atoms. The van der Waals surface area contributed by atoms with E-state index in [1.54, 1.807) is 11.8 Å². The van der Waals surface area contributed by atoms with E-state index in [-0.39, 0.29) is 0 Å². The van der Waals surface area contributed by atoms with Gasteiger partial charge in [0, 0.05) is 30.1 Å². The van der Waals surface area contributed by atoms with Crippen LogP contribution in [0.1, 0.15) is 24.3 Å². The molecule has 1 aliphatic rings. The van der Waals surface area contributed by atoms with E-state index >= 15 is 0 Å². The lowest BCUT2D eigenvalue weighted by Crippen LogP contribution is -2.29. The van der Waals surface area contributed by atoms with Gasteiger partial charge >= 0.3 is 0 Å². The Morgan fingerprint density at radius 1 is 1.26 bits per heavy atom. The highest BCUT2D eigenvalue weighted by atomic mass is 79.9. The van der Waals surface area contributed by atoms with Gasteiger partial charge in [-0.25, -0.2) is 0 Å². The Labute approximate surface area is 128 Å². The first-order valence-corrected chi connectivity index (χ1v) is 9.05. The molecule has 1 unspecified atom stereocenters. The fourth-order valence-electron chi connectivity index (χ4n) is 2.30. The van der Waals surface area contributed by atoms with Gasteiger partial charge in [0.25, 0.3) is 0 Å². The van der Waals surface area contributed by atoms with E-state index in [0.29, 0.717) is 17.6 Å². The van der Waals surface area contributed by atoms with Crippen LogP contribution >= 0.6 is 27.7 Å². The molecule has 1 fully saturated rings. The van der Waals surface area contributed by atoms with E-state index in [4.69, 9.17) is 0 Å². The third-order valence-corrected chi connectivity index (χ3v) is 5.33. The second kappa shape index (κ2) is 7.95. The Morgan fingerprint density at radius 3 is 2.58 bits per heavy atom. The van der Waals surface area contributed by atoms with Crippen LogP contribution in [0.4, 0.5) is 0 Å². The monoisotopic (exact) mass is 341 g/mol. The van der Waals surface area contributed by atoms with E-state index in [2.05, 4.69) is 40.2 Å². The van der Waals surface area contributed by atoms with Crippen LogP contribution in [-0.4, -0.2) is 40.7 Å². The molecule has 2 nitrogen and oxygen atoms in total. The molecular weight excluding hydrogens is 322 g/mol. The van der Waals surface area contributed by atoms with E-state index in [1.807, 2.05) is 11.0 Å². The summed E-state index contributed by atoms with van der Waals surface area (Å²) in [6.07, 6.45) is 2.34. The molecule has 0 aromatic heterocycles. The molecule has 0 saturated carbocycles. The molecule has 0 N–H and O–H groups in total. The molecule has 0 aliphatic carbocycles. The van der Waals surface area contributed by atoms with Gasteiger partial charge in [-0.2, -0.15) is 11.8 Å². The highest BCUT2D eigenvalue weighted by Gasteiger charge is 2.18. The maximum Gasteiger partial charge on any atom is 0.232 e. The Morgan fingerprint density at radius 2 is 1.95 bits per heavy atom. The topological polar surface area (TPSA) is 20.3 Å². The van der Waals surface area contributed by atoms with E-state index in [1.165, 1.54) is 18.4 Å². The molecule has 4 heteroatoms. The van der Waals surface area contributed by atoms with Gasteiger partial charge in [0.1, 0.15) is 0 Å². The summed E-state index contributed by atoms with van der Waals surface area (Å²) in [6.45, 7) is 1.92. The number of likely N-dealkylation sites (tertiary alicyclic amines) is 1. The minimum Gasteiger partial charge on any atom is -0.342 e. The lowest BCUT2D eigenvalue weighted by atomic mass is 10.0. The summed E-state index contributed by atoms with van der Waals surface area (Å²) < 4.78 is 0. The Bertz CT molecular complexity index is 392. The lowest BCUT2D eigenvalue weighted by molar-refractivity contribution is -0.127. The Kier molecular flexibility index (Phi) is 6.24. The molecule has 1 saturated heterocycles. The van der Waals surface area contributed by atoms with Crippen LogP contribution in [0.3, 0.4) is 0 Å². The van der Waals surface area contributed by atoms with Crippen molar-refractivity contribution in [3.63, 3.8) is 0 Å². The quantitative estimate of drug-likeness (QED) is 0.738. The van der Waals surface area contributed by atoms with Gasteiger partial charge in [0.2, 0.25) is 5.91 Å². The number of alkyl halides is 1. The summed E-state index contributed by atoms with van der Waals surface area (Å²) in [6, 6.07) is 10.5. The van der Waals surface area contributed by atoms with Crippen LogP contribution in [0.2, 0.25) is 0 Å². The van der Waals surface area contributed by atoms with E-state index in [9.17, 15) is 4.79 Å². The van der Waals surface area contributed by atoms with E-state index < -0.39 is 0 Å². The number of carbonyl (C=O) groups excluding carboxylic acids is 1. The van der Waals surface area contributed by atoms with Crippen molar-refractivity contribution < 1.29 is 4.79 Å². The number of nitrogens with zero attached hydrogens (tertiary/aromatic N) is 1. The molecule has 104 valence electrons. The highest BCUT2D eigenvalue weighted by molar-refractivity contribution is 9.09. The predicted molar refractivity (Wildman–Crippen MR) is 86.1 cm³/mol. The lowest BCUT2D eigenvalue weighted by Gasteiger charge is -2.17. The minimum atomic E-state index is 0.309. The van der Waals surface area contributed by atoms with Crippen molar-refractivity contribution in [2.24, 2.45) is 0 Å². The maximum absolute atomic E-state index is 11.9. The summed E-state index contributed by atoms with van der Waals surface area (Å²) in [5.41, 5.74) is 1.35. The van der Waals surface area contributed by atoms with Crippen LogP contribution in [-0.2, 0) is 4.79 Å². The molecule has 2 rings (SSSR count). The minimum absolute atomic E-state index is 0.309. The number of hydrogen-bond donors (Lipinski definition) is 0. The molecule has 1 aromatic carbocycles. The van der Waals surface area contributed by atoms with Crippen LogP contribution in [0.25, 0.3) is 0 Å². The summed E-state index contributed by atoms with van der Waals surface area (Å²) in [5.74, 6) is 2.41. The first-order chi connectivity index (χ1) is 9.31. The third-order valence-electron chi connectivity index (χ3n) is 3.46. The Balaban J connectivity index is 1.76. The molecule has 1 heterocycles. The normalized spacial score (nSPS) is 16.6. The number of amides is 1. The zero-order valence-corrected chi connectivity index (χ0v) is 13.5. The van der Waals surface area contributed by atoms with Crippen LogP contribution < -0.4 is 0 Å². The molecule has 0 bridgehead atoms. The van der Waals surface area contributed by atoms with Crippen molar-refractivity contribution >= 4 is 33.6 Å². The van der Waals surface area contributed by atoms with Gasteiger partial charge in [-0.1, -0.05) is 46.3 Å². The van der Waals surface area contributed by atoms with Gasteiger partial charge < -0.3 is 4.90 Å². The van der Waals surface area contributed by atoms with Crippen molar-refractivity contribution in [3.8, 4) is 0 Å². The maximum atomic E-state index is 11.9. The third kappa shape index (κ3) is 4.53. The van der Waals surface area contributed by atoms with Gasteiger partial charge in [-0.15, -0.1) is 0 Å². The van der Waals surface area contributed by atoms with Crippen molar-refractivity contribution in [1.29, 1.82) is 0 Å². The van der Waals surface area contributed by atoms with Gasteiger partial charge in [-0.3, -0.25) is 4.79 Å².